The molecule has 33 heavy (non-hydrogen) atoms. The summed E-state index contributed by atoms with van der Waals surface area (Å²) >= 11 is 7.45. The van der Waals surface area contributed by atoms with Gasteiger partial charge in [-0.15, -0.1) is 0 Å². The summed E-state index contributed by atoms with van der Waals surface area (Å²) in [5.41, 5.74) is 15.7. The van der Waals surface area contributed by atoms with Crippen LogP contribution in [0.15, 0.2) is 58.2 Å². The lowest BCUT2D eigenvalue weighted by Crippen LogP contribution is -2.44. The van der Waals surface area contributed by atoms with E-state index >= 15 is 0 Å². The van der Waals surface area contributed by atoms with Crippen LogP contribution in [0.1, 0.15) is 31.2 Å². The van der Waals surface area contributed by atoms with E-state index in [1.165, 1.54) is 62.2 Å². The van der Waals surface area contributed by atoms with E-state index in [1.54, 1.807) is 23.4 Å². The number of rotatable bonds is 4. The molecule has 3 heterocycles. The van der Waals surface area contributed by atoms with Crippen molar-refractivity contribution in [1.82, 2.24) is 4.90 Å². The lowest BCUT2D eigenvalue weighted by atomic mass is 10.1. The molecule has 2 atom stereocenters. The van der Waals surface area contributed by atoms with Crippen LogP contribution in [-0.2, 0) is 6.54 Å². The highest BCUT2D eigenvalue weighted by Crippen LogP contribution is 2.43. The molecule has 0 aliphatic carbocycles. The van der Waals surface area contributed by atoms with Gasteiger partial charge in [0.25, 0.3) is 0 Å². The van der Waals surface area contributed by atoms with Crippen molar-refractivity contribution in [2.24, 2.45) is 16.5 Å². The average Bonchev–Trinajstić information content (AvgIpc) is 2.96. The lowest BCUT2D eigenvalue weighted by Gasteiger charge is -2.31. The van der Waals surface area contributed by atoms with Crippen molar-refractivity contribution in [3.63, 3.8) is 0 Å². The van der Waals surface area contributed by atoms with Gasteiger partial charge in [0, 0.05) is 17.9 Å². The van der Waals surface area contributed by atoms with Gasteiger partial charge < -0.3 is 16.4 Å². The predicted molar refractivity (Wildman–Crippen MR) is 136 cm³/mol. The molecular weight excluding hydrogens is 459 g/mol. The number of anilines is 2. The Morgan fingerprint density at radius 1 is 1.00 bits per heavy atom. The Balaban J connectivity index is 1.33. The Morgan fingerprint density at radius 3 is 2.39 bits per heavy atom. The number of nitrogens with two attached hydrogens (primary N) is 2. The van der Waals surface area contributed by atoms with Gasteiger partial charge in [-0.1, -0.05) is 48.3 Å². The first-order valence-corrected chi connectivity index (χ1v) is 12.6. The van der Waals surface area contributed by atoms with Gasteiger partial charge in [0.05, 0.1) is 16.3 Å². The van der Waals surface area contributed by atoms with Crippen LogP contribution in [-0.4, -0.2) is 36.0 Å². The first-order valence-electron chi connectivity index (χ1n) is 11.3. The van der Waals surface area contributed by atoms with E-state index in [9.17, 15) is 4.39 Å². The zero-order valence-corrected chi connectivity index (χ0v) is 19.9. The summed E-state index contributed by atoms with van der Waals surface area (Å²) in [5, 5.41) is 0.0468. The molecule has 0 bridgehead atoms. The summed E-state index contributed by atoms with van der Waals surface area (Å²) in [6.45, 7) is 3.33. The van der Waals surface area contributed by atoms with Crippen LogP contribution >= 0.6 is 23.4 Å². The van der Waals surface area contributed by atoms with E-state index < -0.39 is 12.0 Å². The van der Waals surface area contributed by atoms with Gasteiger partial charge in [-0.05, 0) is 61.8 Å². The number of hydrogen-bond donors (Lipinski definition) is 2. The molecule has 6 nitrogen and oxygen atoms in total. The molecule has 1 saturated heterocycles. The average molecular weight is 487 g/mol. The molecule has 2 aromatic rings. The predicted octanol–water partition coefficient (Wildman–Crippen LogP) is 4.65. The fraction of sp³-hybridized carbons (Fsp3) is 0.375. The quantitative estimate of drug-likeness (QED) is 0.655. The summed E-state index contributed by atoms with van der Waals surface area (Å²) in [5.74, 6) is 0.287. The van der Waals surface area contributed by atoms with Crippen LogP contribution in [0.3, 0.4) is 0 Å². The first kappa shape index (κ1) is 22.7. The fourth-order valence-corrected chi connectivity index (χ4v) is 5.85. The van der Waals surface area contributed by atoms with Crippen LogP contribution < -0.4 is 21.3 Å². The zero-order valence-electron chi connectivity index (χ0n) is 18.3. The van der Waals surface area contributed by atoms with Crippen molar-refractivity contribution in [2.75, 3.05) is 22.9 Å². The van der Waals surface area contributed by atoms with Crippen molar-refractivity contribution in [2.45, 2.75) is 43.9 Å². The van der Waals surface area contributed by atoms with E-state index in [4.69, 9.17) is 23.1 Å². The molecule has 1 fully saturated rings. The minimum absolute atomic E-state index is 0.0468. The standard InChI is InChI=1S/C24H28ClFN6S/c25-19-13-18(9-10-20(19)26)31-15-29-23-21(22(31)27)33-24(28)32(23)17-7-5-16(6-8-17)14-30-11-3-1-2-4-12-30/h5-10,13,15,22,24H,1-4,11-12,14,27-28H2. The van der Waals surface area contributed by atoms with Crippen LogP contribution in [0.2, 0.25) is 5.02 Å². The Labute approximate surface area is 203 Å². The smallest absolute Gasteiger partial charge is 0.150 e. The van der Waals surface area contributed by atoms with Gasteiger partial charge in [0.1, 0.15) is 23.3 Å². The Kier molecular flexibility index (Phi) is 6.62. The third kappa shape index (κ3) is 4.63. The van der Waals surface area contributed by atoms with Gasteiger partial charge >= 0.3 is 0 Å². The molecule has 4 N–H and O–H groups in total. The minimum Gasteiger partial charge on any atom is -0.312 e. The van der Waals surface area contributed by atoms with E-state index in [-0.39, 0.29) is 10.5 Å². The van der Waals surface area contributed by atoms with E-state index in [1.807, 2.05) is 4.90 Å². The maximum atomic E-state index is 13.6. The summed E-state index contributed by atoms with van der Waals surface area (Å²) in [6, 6.07) is 13.1. The summed E-state index contributed by atoms with van der Waals surface area (Å²) in [4.78, 5) is 11.9. The highest BCUT2D eigenvalue weighted by molar-refractivity contribution is 8.04. The summed E-state index contributed by atoms with van der Waals surface area (Å²) in [7, 11) is 0. The van der Waals surface area contributed by atoms with Gasteiger partial charge in [0.2, 0.25) is 0 Å². The second-order valence-corrected chi connectivity index (χ2v) is 10.2. The van der Waals surface area contributed by atoms with Gasteiger partial charge in [0.15, 0.2) is 0 Å². The maximum absolute atomic E-state index is 13.6. The van der Waals surface area contributed by atoms with Gasteiger partial charge in [-0.2, -0.15) is 0 Å². The van der Waals surface area contributed by atoms with Gasteiger partial charge in [-0.25, -0.2) is 9.38 Å². The SMILES string of the molecule is NC1C2=C(N=CN1c1ccc(F)c(Cl)c1)N(c1ccc(CN3CCCCCC3)cc1)C(N)S2. The van der Waals surface area contributed by atoms with Crippen LogP contribution in [0.25, 0.3) is 0 Å². The lowest BCUT2D eigenvalue weighted by molar-refractivity contribution is 0.277. The minimum atomic E-state index is -0.484. The molecule has 0 radical (unpaired) electrons. The topological polar surface area (TPSA) is 74.1 Å². The van der Waals surface area contributed by atoms with Crippen LogP contribution in [0.5, 0.6) is 0 Å². The summed E-state index contributed by atoms with van der Waals surface area (Å²) < 4.78 is 13.6. The molecule has 3 aliphatic heterocycles. The highest BCUT2D eigenvalue weighted by atomic mass is 35.5. The molecule has 0 aromatic heterocycles. The third-order valence-electron chi connectivity index (χ3n) is 6.34. The number of thioether (sulfide) groups is 1. The molecular formula is C24H28ClFN6S. The zero-order chi connectivity index (χ0) is 22.9. The van der Waals surface area contributed by atoms with Crippen LogP contribution in [0.4, 0.5) is 15.8 Å². The molecule has 0 spiro atoms. The molecule has 3 aliphatic rings. The maximum Gasteiger partial charge on any atom is 0.150 e. The molecule has 2 unspecified atom stereocenters. The number of likely N-dealkylation sites (tertiary alicyclic amines) is 1. The molecule has 0 amide bonds. The second-order valence-electron chi connectivity index (χ2n) is 8.62. The van der Waals surface area contributed by atoms with E-state index in [2.05, 4.69) is 34.2 Å². The largest absolute Gasteiger partial charge is 0.312 e. The van der Waals surface area contributed by atoms with Crippen molar-refractivity contribution in [1.29, 1.82) is 0 Å². The normalized spacial score (nSPS) is 23.8. The molecule has 174 valence electrons. The molecule has 5 rings (SSSR count). The van der Waals surface area contributed by atoms with Crippen molar-refractivity contribution in [3.8, 4) is 0 Å². The number of benzene rings is 2. The Bertz CT molecular complexity index is 1070. The third-order valence-corrected chi connectivity index (χ3v) is 7.76. The number of hydrogen-bond acceptors (Lipinski definition) is 7. The fourth-order valence-electron chi connectivity index (χ4n) is 4.57. The molecule has 2 aromatic carbocycles. The monoisotopic (exact) mass is 486 g/mol. The summed E-state index contributed by atoms with van der Waals surface area (Å²) in [6.07, 6.45) is 6.43. The number of aliphatic imine (C=N–C) groups is 1. The Hall–Kier alpha value is -2.10. The first-order chi connectivity index (χ1) is 16.0. The Morgan fingerprint density at radius 2 is 1.70 bits per heavy atom. The van der Waals surface area contributed by atoms with Crippen molar-refractivity contribution < 1.29 is 4.39 Å². The highest BCUT2D eigenvalue weighted by Gasteiger charge is 2.38. The van der Waals surface area contributed by atoms with E-state index in [0.717, 1.165) is 23.0 Å². The second kappa shape index (κ2) is 9.64. The molecule has 0 saturated carbocycles. The number of nitrogens with zero attached hydrogens (tertiary/aromatic N) is 4. The van der Waals surface area contributed by atoms with Crippen molar-refractivity contribution in [3.05, 3.63) is 69.6 Å². The van der Waals surface area contributed by atoms with Gasteiger partial charge in [-0.3, -0.25) is 9.80 Å². The van der Waals surface area contributed by atoms with Crippen LogP contribution in [0, 0.1) is 5.82 Å². The van der Waals surface area contributed by atoms with E-state index in [0.29, 0.717) is 5.69 Å². The molecule has 9 heteroatoms. The number of halogens is 2. The van der Waals surface area contributed by atoms with Crippen molar-refractivity contribution >= 4 is 41.1 Å².